The van der Waals surface area contributed by atoms with Crippen LogP contribution in [0.4, 0.5) is 4.79 Å². The number of thiophene rings is 1. The van der Waals surface area contributed by atoms with E-state index < -0.39 is 0 Å². The Morgan fingerprint density at radius 1 is 1.42 bits per heavy atom. The van der Waals surface area contributed by atoms with Gasteiger partial charge in [-0.15, -0.1) is 11.3 Å². The number of nitrogens with one attached hydrogen (secondary N) is 1. The third-order valence-electron chi connectivity index (χ3n) is 4.55. The molecule has 2 aromatic heterocycles. The molecule has 0 unspecified atom stereocenters. The van der Waals surface area contributed by atoms with Crippen LogP contribution in [0.2, 0.25) is 0 Å². The van der Waals surface area contributed by atoms with Crippen molar-refractivity contribution >= 4 is 17.4 Å². The van der Waals surface area contributed by atoms with Crippen LogP contribution in [0.5, 0.6) is 0 Å². The van der Waals surface area contributed by atoms with Gasteiger partial charge in [-0.1, -0.05) is 6.07 Å². The van der Waals surface area contributed by atoms with Gasteiger partial charge < -0.3 is 15.1 Å². The van der Waals surface area contributed by atoms with Crippen molar-refractivity contribution in [1.29, 1.82) is 0 Å². The highest BCUT2D eigenvalue weighted by atomic mass is 32.1. The summed E-state index contributed by atoms with van der Waals surface area (Å²) >= 11 is 1.73. The Hall–Kier alpha value is -1.92. The van der Waals surface area contributed by atoms with Crippen LogP contribution in [0, 0.1) is 0 Å². The van der Waals surface area contributed by atoms with Gasteiger partial charge in [0, 0.05) is 30.4 Å². The largest absolute Gasteiger partial charge is 0.336 e. The minimum atomic E-state index is 0.0257. The van der Waals surface area contributed by atoms with Crippen molar-refractivity contribution in [2.75, 3.05) is 27.2 Å². The number of aromatic nitrogens is 1. The topological polar surface area (TPSA) is 48.5 Å². The van der Waals surface area contributed by atoms with E-state index in [-0.39, 0.29) is 18.1 Å². The maximum Gasteiger partial charge on any atom is 0.317 e. The van der Waals surface area contributed by atoms with Gasteiger partial charge >= 0.3 is 6.03 Å². The van der Waals surface area contributed by atoms with Gasteiger partial charge in [0.2, 0.25) is 0 Å². The first-order chi connectivity index (χ1) is 11.7. The third kappa shape index (κ3) is 3.76. The minimum absolute atomic E-state index is 0.0257. The molecule has 1 aliphatic rings. The maximum atomic E-state index is 12.7. The van der Waals surface area contributed by atoms with Crippen molar-refractivity contribution in [3.05, 3.63) is 52.5 Å². The van der Waals surface area contributed by atoms with Gasteiger partial charge in [0.05, 0.1) is 12.1 Å². The summed E-state index contributed by atoms with van der Waals surface area (Å²) < 4.78 is 0. The van der Waals surface area contributed by atoms with Crippen LogP contribution >= 0.6 is 11.3 Å². The number of carbonyl (C=O) groups excluding carboxylic acids is 1. The molecule has 5 nitrogen and oxygen atoms in total. The van der Waals surface area contributed by atoms with E-state index in [0.29, 0.717) is 6.54 Å². The quantitative estimate of drug-likeness (QED) is 0.905. The van der Waals surface area contributed by atoms with Crippen LogP contribution < -0.4 is 5.32 Å². The predicted octanol–water partition coefficient (Wildman–Crippen LogP) is 3.29. The van der Waals surface area contributed by atoms with E-state index in [2.05, 4.69) is 32.7 Å². The van der Waals surface area contributed by atoms with Crippen molar-refractivity contribution in [2.45, 2.75) is 24.9 Å². The molecule has 2 amide bonds. The van der Waals surface area contributed by atoms with Crippen LogP contribution in [-0.4, -0.2) is 48.0 Å². The normalized spacial score (nSPS) is 18.8. The van der Waals surface area contributed by atoms with Crippen LogP contribution in [-0.2, 0) is 0 Å². The summed E-state index contributed by atoms with van der Waals surface area (Å²) in [5, 5.41) is 5.21. The number of hydrogen-bond acceptors (Lipinski definition) is 4. The van der Waals surface area contributed by atoms with Gasteiger partial charge in [-0.2, -0.15) is 0 Å². The van der Waals surface area contributed by atoms with Crippen LogP contribution in [0.3, 0.4) is 0 Å². The Labute approximate surface area is 147 Å². The summed E-state index contributed by atoms with van der Waals surface area (Å²) in [5.74, 6) is 0. The zero-order chi connectivity index (χ0) is 16.9. The highest BCUT2D eigenvalue weighted by Gasteiger charge is 2.30. The van der Waals surface area contributed by atoms with E-state index >= 15 is 0 Å². The molecular weight excluding hydrogens is 320 g/mol. The molecule has 3 heterocycles. The van der Waals surface area contributed by atoms with Crippen molar-refractivity contribution in [2.24, 2.45) is 0 Å². The van der Waals surface area contributed by atoms with Gasteiger partial charge in [0.15, 0.2) is 0 Å². The molecule has 0 aliphatic carbocycles. The average molecular weight is 344 g/mol. The molecule has 0 saturated carbocycles. The van der Waals surface area contributed by atoms with E-state index in [1.165, 1.54) is 10.4 Å². The molecule has 128 valence electrons. The van der Waals surface area contributed by atoms with E-state index in [9.17, 15) is 4.79 Å². The lowest BCUT2D eigenvalue weighted by atomic mass is 10.1. The molecule has 1 aliphatic heterocycles. The van der Waals surface area contributed by atoms with E-state index in [1.54, 1.807) is 23.7 Å². The fraction of sp³-hybridized carbons (Fsp3) is 0.444. The number of pyridine rings is 1. The van der Waals surface area contributed by atoms with Gasteiger partial charge in [-0.3, -0.25) is 4.98 Å². The number of amides is 2. The first-order valence-electron chi connectivity index (χ1n) is 8.31. The number of hydrogen-bond donors (Lipinski definition) is 1. The fourth-order valence-corrected chi connectivity index (χ4v) is 4.17. The Morgan fingerprint density at radius 3 is 2.88 bits per heavy atom. The number of likely N-dealkylation sites (N-methyl/N-ethyl adjacent to an activating group) is 1. The average Bonchev–Trinajstić information content (AvgIpc) is 3.27. The van der Waals surface area contributed by atoms with Gasteiger partial charge in [0.25, 0.3) is 0 Å². The Bertz CT molecular complexity index is 644. The van der Waals surface area contributed by atoms with E-state index in [4.69, 9.17) is 0 Å². The number of rotatable bonds is 5. The number of likely N-dealkylation sites (tertiary alicyclic amines) is 1. The van der Waals surface area contributed by atoms with E-state index in [1.807, 2.05) is 31.1 Å². The van der Waals surface area contributed by atoms with Crippen LogP contribution in [0.15, 0.2) is 42.0 Å². The number of nitrogens with zero attached hydrogens (tertiary/aromatic N) is 3. The van der Waals surface area contributed by atoms with Gasteiger partial charge in [-0.05, 0) is 56.1 Å². The molecule has 1 N–H and O–H groups in total. The Kier molecular flexibility index (Phi) is 5.48. The zero-order valence-electron chi connectivity index (χ0n) is 14.2. The molecule has 0 aromatic carbocycles. The lowest BCUT2D eigenvalue weighted by Gasteiger charge is -2.28. The molecule has 24 heavy (non-hydrogen) atoms. The molecule has 0 bridgehead atoms. The smallest absolute Gasteiger partial charge is 0.317 e. The van der Waals surface area contributed by atoms with Crippen LogP contribution in [0.1, 0.15) is 35.4 Å². The summed E-state index contributed by atoms with van der Waals surface area (Å²) in [4.78, 5) is 22.2. The number of carbonyl (C=O) groups is 1. The lowest BCUT2D eigenvalue weighted by molar-refractivity contribution is 0.188. The molecular formula is C18H24N4OS. The predicted molar refractivity (Wildman–Crippen MR) is 97.1 cm³/mol. The summed E-state index contributed by atoms with van der Waals surface area (Å²) in [7, 11) is 4.10. The summed E-state index contributed by atoms with van der Waals surface area (Å²) in [6.45, 7) is 1.43. The molecule has 2 atom stereocenters. The standard InChI is InChI=1S/C18H24N4OS/c1-21(2)16(17-6-4-12-24-17)13-20-18(23)22-11-3-5-15(22)14-7-9-19-10-8-14/h4,6-10,12,15-16H,3,5,11,13H2,1-2H3,(H,20,23)/t15-,16-/m0/s1. The summed E-state index contributed by atoms with van der Waals surface area (Å²) in [5.41, 5.74) is 1.17. The molecule has 6 heteroatoms. The molecule has 2 aromatic rings. The molecule has 0 spiro atoms. The van der Waals surface area contributed by atoms with Crippen molar-refractivity contribution in [1.82, 2.24) is 20.1 Å². The fourth-order valence-electron chi connectivity index (χ4n) is 3.25. The van der Waals surface area contributed by atoms with Crippen molar-refractivity contribution in [3.8, 4) is 0 Å². The lowest BCUT2D eigenvalue weighted by Crippen LogP contribution is -2.42. The summed E-state index contributed by atoms with van der Waals surface area (Å²) in [6.07, 6.45) is 5.65. The Balaban J connectivity index is 1.64. The molecule has 1 saturated heterocycles. The first kappa shape index (κ1) is 16.9. The second-order valence-electron chi connectivity index (χ2n) is 6.31. The van der Waals surface area contributed by atoms with Gasteiger partial charge in [-0.25, -0.2) is 4.79 Å². The first-order valence-corrected chi connectivity index (χ1v) is 9.19. The van der Waals surface area contributed by atoms with Crippen LogP contribution in [0.25, 0.3) is 0 Å². The SMILES string of the molecule is CN(C)[C@@H](CNC(=O)N1CCC[C@H]1c1ccncc1)c1cccs1. The monoisotopic (exact) mass is 344 g/mol. The summed E-state index contributed by atoms with van der Waals surface area (Å²) in [6, 6.07) is 8.57. The molecule has 3 rings (SSSR count). The highest BCUT2D eigenvalue weighted by Crippen LogP contribution is 2.31. The number of urea groups is 1. The second-order valence-corrected chi connectivity index (χ2v) is 7.29. The zero-order valence-corrected chi connectivity index (χ0v) is 15.0. The molecule has 1 fully saturated rings. The minimum Gasteiger partial charge on any atom is -0.336 e. The molecule has 0 radical (unpaired) electrons. The third-order valence-corrected chi connectivity index (χ3v) is 5.52. The highest BCUT2D eigenvalue weighted by molar-refractivity contribution is 7.10. The van der Waals surface area contributed by atoms with E-state index in [0.717, 1.165) is 19.4 Å². The van der Waals surface area contributed by atoms with Crippen molar-refractivity contribution < 1.29 is 4.79 Å². The van der Waals surface area contributed by atoms with Crippen molar-refractivity contribution in [3.63, 3.8) is 0 Å². The second kappa shape index (κ2) is 7.77. The maximum absolute atomic E-state index is 12.7. The Morgan fingerprint density at radius 2 is 2.21 bits per heavy atom. The van der Waals surface area contributed by atoms with Gasteiger partial charge in [0.1, 0.15) is 0 Å².